The quantitative estimate of drug-likeness (QED) is 0.388. The first-order valence-corrected chi connectivity index (χ1v) is 9.29. The largest absolute Gasteiger partial charge is 0.455 e. The van der Waals surface area contributed by atoms with E-state index in [1.165, 1.54) is 33.0 Å². The lowest BCUT2D eigenvalue weighted by atomic mass is 9.88. The molecule has 0 spiro atoms. The van der Waals surface area contributed by atoms with Crippen molar-refractivity contribution in [1.29, 1.82) is 0 Å². The second-order valence-electron chi connectivity index (χ2n) is 7.20. The van der Waals surface area contributed by atoms with Crippen molar-refractivity contribution in [2.24, 2.45) is 0 Å². The molecule has 0 bridgehead atoms. The Morgan fingerprint density at radius 2 is 1.19 bits per heavy atom. The summed E-state index contributed by atoms with van der Waals surface area (Å²) in [4.78, 5) is 0. The van der Waals surface area contributed by atoms with E-state index in [2.05, 4.69) is 98.8 Å². The van der Waals surface area contributed by atoms with Crippen molar-refractivity contribution in [3.8, 4) is 5.75 Å². The van der Waals surface area contributed by atoms with Gasteiger partial charge in [-0.2, -0.15) is 0 Å². The van der Waals surface area contributed by atoms with Crippen LogP contribution in [-0.2, 0) is 0 Å². The van der Waals surface area contributed by atoms with Gasteiger partial charge in [0.2, 0.25) is 0 Å². The van der Waals surface area contributed by atoms with E-state index in [4.69, 9.17) is 4.74 Å². The summed E-state index contributed by atoms with van der Waals surface area (Å²) >= 11 is 0. The van der Waals surface area contributed by atoms with Gasteiger partial charge in [-0.3, -0.25) is 0 Å². The van der Waals surface area contributed by atoms with E-state index >= 15 is 0 Å². The van der Waals surface area contributed by atoms with Crippen molar-refractivity contribution >= 4 is 22.1 Å². The highest BCUT2D eigenvalue weighted by Crippen LogP contribution is 2.45. The number of hydrogen-bond acceptors (Lipinski definition) is 1. The van der Waals surface area contributed by atoms with Gasteiger partial charge < -0.3 is 4.74 Å². The van der Waals surface area contributed by atoms with Crippen LogP contribution in [0.5, 0.6) is 5.75 Å². The molecule has 130 valence electrons. The Hall–Kier alpha value is -3.32. The molecule has 0 saturated carbocycles. The fourth-order valence-electron chi connectivity index (χ4n) is 3.80. The average molecular weight is 348 g/mol. The Morgan fingerprint density at radius 1 is 0.593 bits per heavy atom. The summed E-state index contributed by atoms with van der Waals surface area (Å²) in [6, 6.07) is 30.0. The second kappa shape index (κ2) is 6.14. The molecule has 0 saturated heterocycles. The first kappa shape index (κ1) is 15.9. The minimum absolute atomic E-state index is 0.921. The first-order chi connectivity index (χ1) is 13.2. The van der Waals surface area contributed by atoms with Crippen molar-refractivity contribution < 1.29 is 4.74 Å². The molecule has 0 fully saturated rings. The van der Waals surface area contributed by atoms with Crippen LogP contribution in [0.4, 0.5) is 0 Å². The lowest BCUT2D eigenvalue weighted by molar-refractivity contribution is 0.519. The van der Waals surface area contributed by atoms with Crippen LogP contribution in [0.2, 0.25) is 0 Å². The molecule has 1 aliphatic rings. The van der Waals surface area contributed by atoms with Gasteiger partial charge in [0.1, 0.15) is 11.5 Å². The topological polar surface area (TPSA) is 9.23 Å². The summed E-state index contributed by atoms with van der Waals surface area (Å²) < 4.78 is 6.51. The minimum atomic E-state index is 0.921. The molecule has 1 nitrogen and oxygen atoms in total. The number of benzene rings is 4. The van der Waals surface area contributed by atoms with E-state index in [1.54, 1.807) is 0 Å². The molecule has 1 heterocycles. The van der Waals surface area contributed by atoms with Gasteiger partial charge in [0.25, 0.3) is 0 Å². The maximum Gasteiger partial charge on any atom is 0.143 e. The molecule has 5 rings (SSSR count). The van der Waals surface area contributed by atoms with Gasteiger partial charge in [-0.1, -0.05) is 90.0 Å². The molecule has 1 heteroatoms. The maximum absolute atomic E-state index is 6.51. The number of hydrogen-bond donors (Lipinski definition) is 0. The Bertz CT molecular complexity index is 1170. The van der Waals surface area contributed by atoms with E-state index in [9.17, 15) is 0 Å². The fraction of sp³-hybridized carbons (Fsp3) is 0.0769. The van der Waals surface area contributed by atoms with Crippen molar-refractivity contribution in [3.05, 3.63) is 113 Å². The molecule has 4 aromatic rings. The molecule has 0 amide bonds. The Morgan fingerprint density at radius 3 is 1.85 bits per heavy atom. The molecule has 27 heavy (non-hydrogen) atoms. The number of ether oxygens (including phenoxy) is 1. The predicted octanol–water partition coefficient (Wildman–Crippen LogP) is 6.77. The zero-order valence-corrected chi connectivity index (χ0v) is 15.5. The van der Waals surface area contributed by atoms with Crippen LogP contribution in [0.3, 0.4) is 0 Å². The zero-order chi connectivity index (χ0) is 18.4. The third-order valence-corrected chi connectivity index (χ3v) is 5.23. The van der Waals surface area contributed by atoms with Gasteiger partial charge in [-0.25, -0.2) is 0 Å². The summed E-state index contributed by atoms with van der Waals surface area (Å²) in [6.45, 7) is 4.23. The van der Waals surface area contributed by atoms with Crippen LogP contribution in [0, 0.1) is 13.8 Å². The van der Waals surface area contributed by atoms with Crippen LogP contribution >= 0.6 is 0 Å². The lowest BCUT2D eigenvalue weighted by Gasteiger charge is -2.25. The second-order valence-corrected chi connectivity index (χ2v) is 7.20. The van der Waals surface area contributed by atoms with Crippen LogP contribution in [0.1, 0.15) is 27.8 Å². The number of rotatable bonds is 2. The molecule has 4 aromatic carbocycles. The monoisotopic (exact) mass is 348 g/mol. The molecular weight excluding hydrogens is 328 g/mol. The highest BCUT2D eigenvalue weighted by atomic mass is 16.5. The number of aryl methyl sites for hydroxylation is 2. The van der Waals surface area contributed by atoms with Gasteiger partial charge in [0.05, 0.1) is 0 Å². The van der Waals surface area contributed by atoms with Crippen molar-refractivity contribution in [1.82, 2.24) is 0 Å². The van der Waals surface area contributed by atoms with E-state index in [1.807, 2.05) is 0 Å². The summed E-state index contributed by atoms with van der Waals surface area (Å²) in [5, 5.41) is 2.39. The van der Waals surface area contributed by atoms with Crippen LogP contribution in [0.15, 0.2) is 84.9 Å². The molecule has 0 radical (unpaired) electrons. The van der Waals surface area contributed by atoms with Crippen LogP contribution in [0.25, 0.3) is 22.1 Å². The smallest absolute Gasteiger partial charge is 0.143 e. The van der Waals surface area contributed by atoms with Gasteiger partial charge in [-0.15, -0.1) is 0 Å². The first-order valence-electron chi connectivity index (χ1n) is 9.29. The molecule has 1 aliphatic heterocycles. The summed E-state index contributed by atoms with van der Waals surface area (Å²) in [7, 11) is 0. The van der Waals surface area contributed by atoms with Crippen molar-refractivity contribution in [2.75, 3.05) is 0 Å². The standard InChI is InChI=1S/C26H20O/c1-17-9-13-20(14-10-17)25-22-7-3-5-19-6-4-8-23(24(19)22)27-26(25)21-15-11-18(2)12-16-21/h3-16H,1-2H3. The third kappa shape index (κ3) is 2.63. The van der Waals surface area contributed by atoms with E-state index in [0.717, 1.165) is 22.6 Å². The fourth-order valence-corrected chi connectivity index (χ4v) is 3.80. The summed E-state index contributed by atoms with van der Waals surface area (Å²) in [5.41, 5.74) is 7.17. The highest BCUT2D eigenvalue weighted by molar-refractivity contribution is 6.10. The molecular formula is C26H20O. The maximum atomic E-state index is 6.51. The van der Waals surface area contributed by atoms with E-state index in [0.29, 0.717) is 0 Å². The Labute approximate surface area is 159 Å². The zero-order valence-electron chi connectivity index (χ0n) is 15.5. The molecule has 0 unspecified atom stereocenters. The van der Waals surface area contributed by atoms with Crippen molar-refractivity contribution in [3.63, 3.8) is 0 Å². The van der Waals surface area contributed by atoms with Gasteiger partial charge in [0.15, 0.2) is 0 Å². The SMILES string of the molecule is Cc1ccc(C2=C(c3ccc(C)cc3)c3cccc4cccc(c34)O2)cc1. The van der Waals surface area contributed by atoms with E-state index in [-0.39, 0.29) is 0 Å². The Balaban J connectivity index is 1.85. The van der Waals surface area contributed by atoms with Crippen LogP contribution in [-0.4, -0.2) is 0 Å². The van der Waals surface area contributed by atoms with Crippen LogP contribution < -0.4 is 4.74 Å². The molecule has 0 N–H and O–H groups in total. The Kier molecular flexibility index (Phi) is 3.61. The van der Waals surface area contributed by atoms with Gasteiger partial charge in [0, 0.05) is 16.5 Å². The summed E-state index contributed by atoms with van der Waals surface area (Å²) in [5.74, 6) is 1.85. The normalized spacial score (nSPS) is 13.0. The molecule has 0 aromatic heterocycles. The van der Waals surface area contributed by atoms with Gasteiger partial charge in [-0.05, 0) is 36.4 Å². The minimum Gasteiger partial charge on any atom is -0.455 e. The summed E-state index contributed by atoms with van der Waals surface area (Å²) in [6.07, 6.45) is 0. The third-order valence-electron chi connectivity index (χ3n) is 5.23. The molecule has 0 aliphatic carbocycles. The molecule has 0 atom stereocenters. The predicted molar refractivity (Wildman–Crippen MR) is 113 cm³/mol. The van der Waals surface area contributed by atoms with Crippen molar-refractivity contribution in [2.45, 2.75) is 13.8 Å². The van der Waals surface area contributed by atoms with E-state index < -0.39 is 0 Å². The highest BCUT2D eigenvalue weighted by Gasteiger charge is 2.24. The average Bonchev–Trinajstić information content (AvgIpc) is 2.70. The van der Waals surface area contributed by atoms with Gasteiger partial charge >= 0.3 is 0 Å². The lowest BCUT2D eigenvalue weighted by Crippen LogP contribution is -2.07.